The van der Waals surface area contributed by atoms with Gasteiger partial charge in [0.15, 0.2) is 0 Å². The summed E-state index contributed by atoms with van der Waals surface area (Å²) < 4.78 is 0. The van der Waals surface area contributed by atoms with Crippen LogP contribution in [0.25, 0.3) is 10.9 Å². The zero-order chi connectivity index (χ0) is 14.2. The maximum absolute atomic E-state index is 4.90. The molecule has 1 aliphatic rings. The second-order valence-corrected chi connectivity index (χ2v) is 5.82. The monoisotopic (exact) mass is 274 g/mol. The smallest absolute Gasteiger partial charge is 0.132 e. The van der Waals surface area contributed by atoms with Gasteiger partial charge in [0.1, 0.15) is 5.82 Å². The van der Waals surface area contributed by atoms with Gasteiger partial charge in [-0.05, 0) is 42.7 Å². The van der Waals surface area contributed by atoms with Crippen LogP contribution < -0.4 is 4.90 Å². The third-order valence-electron chi connectivity index (χ3n) is 4.19. The molecular formula is C19H18N2. The number of fused-ring (bicyclic) bond motifs is 2. The highest BCUT2D eigenvalue weighted by molar-refractivity contribution is 5.83. The summed E-state index contributed by atoms with van der Waals surface area (Å²) in [5, 5.41) is 1.26. The second kappa shape index (κ2) is 4.88. The lowest BCUT2D eigenvalue weighted by atomic mass is 10.1. The van der Waals surface area contributed by atoms with Gasteiger partial charge in [0, 0.05) is 18.5 Å². The molecule has 2 nitrogen and oxygen atoms in total. The van der Waals surface area contributed by atoms with Crippen LogP contribution in [0.4, 0.5) is 5.82 Å². The highest BCUT2D eigenvalue weighted by Crippen LogP contribution is 2.30. The van der Waals surface area contributed by atoms with Crippen molar-refractivity contribution >= 4 is 16.7 Å². The summed E-state index contributed by atoms with van der Waals surface area (Å²) in [6.45, 7) is 4.14. The molecule has 0 N–H and O–H groups in total. The molecule has 0 radical (unpaired) electrons. The SMILES string of the molecule is Cc1ccc2nc3c(cc2c1)CCN3Cc1ccccc1. The summed E-state index contributed by atoms with van der Waals surface area (Å²) in [4.78, 5) is 7.29. The molecule has 1 aliphatic heterocycles. The molecule has 0 amide bonds. The van der Waals surface area contributed by atoms with Crippen molar-refractivity contribution in [3.63, 3.8) is 0 Å². The van der Waals surface area contributed by atoms with Crippen molar-refractivity contribution in [3.05, 3.63) is 71.3 Å². The number of pyridine rings is 1. The molecule has 0 aliphatic carbocycles. The van der Waals surface area contributed by atoms with E-state index in [1.807, 2.05) is 0 Å². The molecule has 0 unspecified atom stereocenters. The van der Waals surface area contributed by atoms with Crippen LogP contribution >= 0.6 is 0 Å². The zero-order valence-electron chi connectivity index (χ0n) is 12.2. The van der Waals surface area contributed by atoms with Crippen molar-refractivity contribution in [1.29, 1.82) is 0 Å². The molecule has 0 fully saturated rings. The first kappa shape index (κ1) is 12.4. The lowest BCUT2D eigenvalue weighted by Gasteiger charge is -2.18. The van der Waals surface area contributed by atoms with Crippen molar-refractivity contribution in [2.45, 2.75) is 19.9 Å². The molecule has 1 aromatic heterocycles. The average molecular weight is 274 g/mol. The first-order valence-corrected chi connectivity index (χ1v) is 7.49. The van der Waals surface area contributed by atoms with Gasteiger partial charge in [-0.25, -0.2) is 4.98 Å². The number of benzene rings is 2. The van der Waals surface area contributed by atoms with Crippen LogP contribution in [0.2, 0.25) is 0 Å². The third-order valence-corrected chi connectivity index (χ3v) is 4.19. The first-order valence-electron chi connectivity index (χ1n) is 7.49. The van der Waals surface area contributed by atoms with Crippen molar-refractivity contribution in [1.82, 2.24) is 4.98 Å². The van der Waals surface area contributed by atoms with E-state index in [1.165, 1.54) is 22.1 Å². The van der Waals surface area contributed by atoms with E-state index in [0.29, 0.717) is 0 Å². The molecule has 21 heavy (non-hydrogen) atoms. The molecule has 0 spiro atoms. The average Bonchev–Trinajstić information content (AvgIpc) is 2.88. The van der Waals surface area contributed by atoms with Gasteiger partial charge < -0.3 is 4.90 Å². The number of anilines is 1. The minimum Gasteiger partial charge on any atom is -0.352 e. The van der Waals surface area contributed by atoms with Crippen molar-refractivity contribution < 1.29 is 0 Å². The predicted octanol–water partition coefficient (Wildman–Crippen LogP) is 4.11. The molecule has 4 rings (SSSR count). The van der Waals surface area contributed by atoms with E-state index in [2.05, 4.69) is 66.4 Å². The summed E-state index contributed by atoms with van der Waals surface area (Å²) in [5.41, 5.74) is 5.11. The van der Waals surface area contributed by atoms with E-state index in [4.69, 9.17) is 4.98 Å². The van der Waals surface area contributed by atoms with Gasteiger partial charge in [-0.3, -0.25) is 0 Å². The fourth-order valence-corrected chi connectivity index (χ4v) is 3.11. The molecule has 2 aromatic carbocycles. The Kier molecular flexibility index (Phi) is 2.88. The normalized spacial score (nSPS) is 13.7. The zero-order valence-corrected chi connectivity index (χ0v) is 12.2. The van der Waals surface area contributed by atoms with Crippen LogP contribution in [0.3, 0.4) is 0 Å². The Hall–Kier alpha value is -2.35. The molecule has 2 heterocycles. The minimum atomic E-state index is 0.943. The summed E-state index contributed by atoms with van der Waals surface area (Å²) in [6.07, 6.45) is 1.10. The summed E-state index contributed by atoms with van der Waals surface area (Å²) in [6, 6.07) is 19.4. The molecule has 0 atom stereocenters. The van der Waals surface area contributed by atoms with Gasteiger partial charge in [0.2, 0.25) is 0 Å². The van der Waals surface area contributed by atoms with Gasteiger partial charge in [-0.1, -0.05) is 42.0 Å². The minimum absolute atomic E-state index is 0.943. The number of rotatable bonds is 2. The molecule has 3 aromatic rings. The van der Waals surface area contributed by atoms with E-state index in [0.717, 1.165) is 30.8 Å². The van der Waals surface area contributed by atoms with E-state index in [9.17, 15) is 0 Å². The van der Waals surface area contributed by atoms with Gasteiger partial charge in [-0.15, -0.1) is 0 Å². The maximum atomic E-state index is 4.90. The van der Waals surface area contributed by atoms with Crippen LogP contribution in [0.15, 0.2) is 54.6 Å². The van der Waals surface area contributed by atoms with Crippen LogP contribution in [-0.4, -0.2) is 11.5 Å². The predicted molar refractivity (Wildman–Crippen MR) is 87.7 cm³/mol. The Labute approximate surface area is 125 Å². The van der Waals surface area contributed by atoms with Gasteiger partial charge in [0.25, 0.3) is 0 Å². The van der Waals surface area contributed by atoms with Crippen molar-refractivity contribution in [2.24, 2.45) is 0 Å². The number of hydrogen-bond donors (Lipinski definition) is 0. The maximum Gasteiger partial charge on any atom is 0.132 e. The molecule has 0 saturated carbocycles. The molecular weight excluding hydrogens is 256 g/mol. The third kappa shape index (κ3) is 2.27. The Morgan fingerprint density at radius 2 is 1.90 bits per heavy atom. The summed E-state index contributed by atoms with van der Waals surface area (Å²) in [7, 11) is 0. The van der Waals surface area contributed by atoms with Crippen molar-refractivity contribution in [2.75, 3.05) is 11.4 Å². The van der Waals surface area contributed by atoms with Crippen LogP contribution in [0, 0.1) is 6.92 Å². The van der Waals surface area contributed by atoms with Crippen LogP contribution in [0.1, 0.15) is 16.7 Å². The highest BCUT2D eigenvalue weighted by atomic mass is 15.2. The molecule has 2 heteroatoms. The van der Waals surface area contributed by atoms with E-state index < -0.39 is 0 Å². The second-order valence-electron chi connectivity index (χ2n) is 5.82. The number of nitrogens with zero attached hydrogens (tertiary/aromatic N) is 2. The Bertz CT molecular complexity index is 793. The quantitative estimate of drug-likeness (QED) is 0.699. The van der Waals surface area contributed by atoms with E-state index in [1.54, 1.807) is 0 Å². The number of aryl methyl sites for hydroxylation is 1. The van der Waals surface area contributed by atoms with Gasteiger partial charge in [0.05, 0.1) is 5.52 Å². The van der Waals surface area contributed by atoms with E-state index in [-0.39, 0.29) is 0 Å². The fraction of sp³-hybridized carbons (Fsp3) is 0.211. The molecule has 0 saturated heterocycles. The lowest BCUT2D eigenvalue weighted by Crippen LogP contribution is -2.20. The van der Waals surface area contributed by atoms with Crippen molar-refractivity contribution in [3.8, 4) is 0 Å². The lowest BCUT2D eigenvalue weighted by molar-refractivity contribution is 0.827. The van der Waals surface area contributed by atoms with Crippen LogP contribution in [-0.2, 0) is 13.0 Å². The largest absolute Gasteiger partial charge is 0.352 e. The Morgan fingerprint density at radius 1 is 1.05 bits per heavy atom. The summed E-state index contributed by atoms with van der Waals surface area (Å²) in [5.74, 6) is 1.16. The Balaban J connectivity index is 1.72. The first-order chi connectivity index (χ1) is 10.3. The molecule has 104 valence electrons. The fourth-order valence-electron chi connectivity index (χ4n) is 3.11. The highest BCUT2D eigenvalue weighted by Gasteiger charge is 2.21. The standard InChI is InChI=1S/C19H18N2/c1-14-7-8-18-17(11-14)12-16-9-10-21(19(16)20-18)13-15-5-3-2-4-6-15/h2-8,11-12H,9-10,13H2,1H3. The summed E-state index contributed by atoms with van der Waals surface area (Å²) >= 11 is 0. The van der Waals surface area contributed by atoms with Crippen LogP contribution in [0.5, 0.6) is 0 Å². The topological polar surface area (TPSA) is 16.1 Å². The number of hydrogen-bond acceptors (Lipinski definition) is 2. The van der Waals surface area contributed by atoms with Gasteiger partial charge in [-0.2, -0.15) is 0 Å². The Morgan fingerprint density at radius 3 is 2.76 bits per heavy atom. The molecule has 0 bridgehead atoms. The van der Waals surface area contributed by atoms with Gasteiger partial charge >= 0.3 is 0 Å². The van der Waals surface area contributed by atoms with E-state index >= 15 is 0 Å². The number of aromatic nitrogens is 1.